The Hall–Kier alpha value is -1.10. The van der Waals surface area contributed by atoms with Gasteiger partial charge in [0, 0.05) is 25.7 Å². The quantitative estimate of drug-likeness (QED) is 0.665. The predicted octanol–water partition coefficient (Wildman–Crippen LogP) is 2.65. The summed E-state index contributed by atoms with van der Waals surface area (Å²) in [5.41, 5.74) is 1.39. The smallest absolute Gasteiger partial charge is 0.119 e. The molecule has 0 radical (unpaired) electrons. The monoisotopic (exact) mass is 333 g/mol. The molecule has 0 spiro atoms. The Morgan fingerprint density at radius 3 is 2.62 bits per heavy atom. The zero-order valence-electron chi connectivity index (χ0n) is 15.9. The Morgan fingerprint density at radius 2 is 2.00 bits per heavy atom. The van der Waals surface area contributed by atoms with Crippen LogP contribution in [-0.4, -0.2) is 70.3 Å². The maximum Gasteiger partial charge on any atom is 0.119 e. The summed E-state index contributed by atoms with van der Waals surface area (Å²) in [5.74, 6) is 1.79. The van der Waals surface area contributed by atoms with E-state index in [1.54, 1.807) is 0 Å². The molecule has 0 bridgehead atoms. The van der Waals surface area contributed by atoms with E-state index in [0.29, 0.717) is 6.04 Å². The fourth-order valence-electron chi connectivity index (χ4n) is 3.22. The molecule has 0 aromatic heterocycles. The van der Waals surface area contributed by atoms with Crippen LogP contribution in [0.2, 0.25) is 0 Å². The van der Waals surface area contributed by atoms with E-state index in [0.717, 1.165) is 44.3 Å². The topological polar surface area (TPSA) is 27.7 Å². The molecule has 1 saturated carbocycles. The summed E-state index contributed by atoms with van der Waals surface area (Å²) < 4.78 is 6.05. The van der Waals surface area contributed by atoms with Gasteiger partial charge in [-0.3, -0.25) is 0 Å². The number of nitrogens with one attached hydrogen (secondary N) is 1. The third kappa shape index (κ3) is 6.08. The maximum atomic E-state index is 6.05. The zero-order chi connectivity index (χ0) is 17.4. The van der Waals surface area contributed by atoms with Crippen molar-refractivity contribution in [1.82, 2.24) is 15.1 Å². The molecule has 4 heteroatoms. The Bertz CT molecular complexity index is 464. The maximum absolute atomic E-state index is 6.05. The average molecular weight is 334 g/mol. The van der Waals surface area contributed by atoms with Crippen LogP contribution in [0.4, 0.5) is 0 Å². The lowest BCUT2D eigenvalue weighted by atomic mass is 9.77. The summed E-state index contributed by atoms with van der Waals surface area (Å²) in [6.45, 7) is 3.84. The minimum Gasteiger partial charge on any atom is -0.492 e. The summed E-state index contributed by atoms with van der Waals surface area (Å²) in [6.07, 6.45) is 14.0. The van der Waals surface area contributed by atoms with E-state index in [1.807, 2.05) is 0 Å². The van der Waals surface area contributed by atoms with Gasteiger partial charge < -0.3 is 19.9 Å². The first-order chi connectivity index (χ1) is 11.6. The molecule has 1 N–H and O–H groups in total. The van der Waals surface area contributed by atoms with Crippen molar-refractivity contribution in [2.45, 2.75) is 31.7 Å². The highest BCUT2D eigenvalue weighted by Crippen LogP contribution is 2.33. The van der Waals surface area contributed by atoms with E-state index < -0.39 is 0 Å². The molecule has 1 atom stereocenters. The highest BCUT2D eigenvalue weighted by atomic mass is 16.5. The molecule has 1 fully saturated rings. The number of rotatable bonds is 10. The summed E-state index contributed by atoms with van der Waals surface area (Å²) in [4.78, 5) is 4.53. The largest absolute Gasteiger partial charge is 0.492 e. The number of allylic oxidation sites excluding steroid dienone is 3. The van der Waals surface area contributed by atoms with Gasteiger partial charge in [0.1, 0.15) is 12.4 Å². The van der Waals surface area contributed by atoms with E-state index in [1.165, 1.54) is 24.8 Å². The van der Waals surface area contributed by atoms with Gasteiger partial charge in [-0.25, -0.2) is 0 Å². The van der Waals surface area contributed by atoms with Crippen LogP contribution in [0.1, 0.15) is 25.7 Å². The first-order valence-electron chi connectivity index (χ1n) is 9.31. The second-order valence-electron chi connectivity index (χ2n) is 7.30. The second-order valence-corrected chi connectivity index (χ2v) is 7.30. The van der Waals surface area contributed by atoms with Gasteiger partial charge in [-0.05, 0) is 71.1 Å². The predicted molar refractivity (Wildman–Crippen MR) is 102 cm³/mol. The molecular weight excluding hydrogens is 298 g/mol. The Balaban J connectivity index is 1.83. The Morgan fingerprint density at radius 1 is 1.21 bits per heavy atom. The molecule has 2 rings (SSSR count). The lowest BCUT2D eigenvalue weighted by Crippen LogP contribution is -2.38. The normalized spacial score (nSPS) is 19.8. The molecule has 136 valence electrons. The molecule has 0 saturated heterocycles. The highest BCUT2D eigenvalue weighted by Gasteiger charge is 2.28. The van der Waals surface area contributed by atoms with Crippen LogP contribution in [0.15, 0.2) is 35.6 Å². The van der Waals surface area contributed by atoms with E-state index in [-0.39, 0.29) is 0 Å². The molecule has 0 amide bonds. The summed E-state index contributed by atoms with van der Waals surface area (Å²) in [7, 11) is 8.46. The van der Waals surface area contributed by atoms with Gasteiger partial charge in [-0.15, -0.1) is 0 Å². The molecule has 2 aliphatic carbocycles. The molecule has 0 aliphatic heterocycles. The minimum atomic E-state index is 0.472. The Kier molecular flexibility index (Phi) is 8.03. The average Bonchev–Trinajstić information content (AvgIpc) is 2.74. The molecule has 0 aromatic rings. The van der Waals surface area contributed by atoms with Crippen LogP contribution in [0.25, 0.3) is 0 Å². The van der Waals surface area contributed by atoms with Crippen molar-refractivity contribution in [2.75, 3.05) is 54.4 Å². The fourth-order valence-corrected chi connectivity index (χ4v) is 3.22. The van der Waals surface area contributed by atoms with Crippen LogP contribution >= 0.6 is 0 Å². The third-order valence-corrected chi connectivity index (χ3v) is 5.04. The number of nitrogens with zero attached hydrogens (tertiary/aromatic N) is 2. The van der Waals surface area contributed by atoms with Crippen molar-refractivity contribution in [3.05, 3.63) is 35.6 Å². The van der Waals surface area contributed by atoms with E-state index in [2.05, 4.69) is 67.6 Å². The second kappa shape index (κ2) is 10.0. The van der Waals surface area contributed by atoms with Gasteiger partial charge in [-0.2, -0.15) is 0 Å². The molecule has 0 aromatic carbocycles. The Labute approximate surface area is 148 Å². The fraction of sp³-hybridized carbons (Fsp3) is 0.700. The number of hydrogen-bond acceptors (Lipinski definition) is 4. The first-order valence-corrected chi connectivity index (χ1v) is 9.31. The summed E-state index contributed by atoms with van der Waals surface area (Å²) in [5, 5.41) is 3.51. The van der Waals surface area contributed by atoms with Gasteiger partial charge in [0.05, 0.1) is 0 Å². The van der Waals surface area contributed by atoms with Gasteiger partial charge in [-0.1, -0.05) is 18.6 Å². The van der Waals surface area contributed by atoms with Crippen LogP contribution < -0.4 is 5.32 Å². The van der Waals surface area contributed by atoms with Crippen molar-refractivity contribution >= 4 is 0 Å². The SMILES string of the molecule is CNC(C1=CCC=CC(OCCN(C)CCN(C)C)=C1)C1CCC1. The van der Waals surface area contributed by atoms with Crippen LogP contribution in [0, 0.1) is 5.92 Å². The molecule has 1 unspecified atom stereocenters. The summed E-state index contributed by atoms with van der Waals surface area (Å²) >= 11 is 0. The van der Waals surface area contributed by atoms with Crippen LogP contribution in [-0.2, 0) is 4.74 Å². The standard InChI is InChI=1S/C20H35N3O/c1-21-20(17-9-7-10-17)18-8-5-6-11-19(16-18)24-15-14-23(4)13-12-22(2)3/h6,8,11,16-17,20-21H,5,7,9-10,12-15H2,1-4H3. The van der Waals surface area contributed by atoms with Crippen molar-refractivity contribution in [3.63, 3.8) is 0 Å². The van der Waals surface area contributed by atoms with Gasteiger partial charge in [0.25, 0.3) is 0 Å². The number of hydrogen-bond donors (Lipinski definition) is 1. The molecule has 2 aliphatic rings. The minimum absolute atomic E-state index is 0.472. The van der Waals surface area contributed by atoms with E-state index in [9.17, 15) is 0 Å². The molecular formula is C20H35N3O. The van der Waals surface area contributed by atoms with E-state index >= 15 is 0 Å². The van der Waals surface area contributed by atoms with Crippen molar-refractivity contribution in [1.29, 1.82) is 0 Å². The van der Waals surface area contributed by atoms with E-state index in [4.69, 9.17) is 4.74 Å². The molecule has 24 heavy (non-hydrogen) atoms. The lowest BCUT2D eigenvalue weighted by Gasteiger charge is -2.34. The van der Waals surface area contributed by atoms with Crippen LogP contribution in [0.5, 0.6) is 0 Å². The van der Waals surface area contributed by atoms with Crippen molar-refractivity contribution in [2.24, 2.45) is 5.92 Å². The zero-order valence-corrected chi connectivity index (χ0v) is 15.9. The van der Waals surface area contributed by atoms with Crippen molar-refractivity contribution < 1.29 is 4.74 Å². The van der Waals surface area contributed by atoms with Gasteiger partial charge in [0.15, 0.2) is 0 Å². The van der Waals surface area contributed by atoms with Crippen LogP contribution in [0.3, 0.4) is 0 Å². The highest BCUT2D eigenvalue weighted by molar-refractivity contribution is 5.34. The van der Waals surface area contributed by atoms with Gasteiger partial charge in [0.2, 0.25) is 0 Å². The molecule has 4 nitrogen and oxygen atoms in total. The van der Waals surface area contributed by atoms with Gasteiger partial charge >= 0.3 is 0 Å². The number of likely N-dealkylation sites (N-methyl/N-ethyl adjacent to an activating group) is 3. The summed E-state index contributed by atoms with van der Waals surface area (Å²) in [6, 6.07) is 0.472. The first kappa shape index (κ1) is 19.2. The van der Waals surface area contributed by atoms with Crippen molar-refractivity contribution in [3.8, 4) is 0 Å². The third-order valence-electron chi connectivity index (χ3n) is 5.04. The lowest BCUT2D eigenvalue weighted by molar-refractivity contribution is 0.173. The number of ether oxygens (including phenoxy) is 1. The molecule has 0 heterocycles.